The van der Waals surface area contributed by atoms with Gasteiger partial charge in [0.25, 0.3) is 0 Å². The Kier molecular flexibility index (Phi) is 3.42. The van der Waals surface area contributed by atoms with Gasteiger partial charge in [-0.15, -0.1) is 0 Å². The van der Waals surface area contributed by atoms with Gasteiger partial charge in [-0.1, -0.05) is 6.92 Å². The van der Waals surface area contributed by atoms with Gasteiger partial charge in [-0.25, -0.2) is 0 Å². The van der Waals surface area contributed by atoms with Crippen molar-refractivity contribution in [2.24, 2.45) is 5.92 Å². The first-order chi connectivity index (χ1) is 6.79. The number of hydrogen-bond acceptors (Lipinski definition) is 3. The van der Waals surface area contributed by atoms with Crippen LogP contribution in [0.25, 0.3) is 0 Å². The number of rotatable bonds is 3. The summed E-state index contributed by atoms with van der Waals surface area (Å²) >= 11 is 0. The Morgan fingerprint density at radius 1 is 1.43 bits per heavy atom. The average Bonchev–Trinajstić information content (AvgIpc) is 2.77. The van der Waals surface area contributed by atoms with Crippen molar-refractivity contribution >= 4 is 0 Å². The summed E-state index contributed by atoms with van der Waals surface area (Å²) in [6, 6.07) is 0.714. The molecule has 0 aromatic carbocycles. The summed E-state index contributed by atoms with van der Waals surface area (Å²) < 4.78 is 5.37. The predicted molar refractivity (Wildman–Crippen MR) is 57.4 cm³/mol. The normalized spacial score (nSPS) is 39.4. The van der Waals surface area contributed by atoms with Crippen LogP contribution in [0, 0.1) is 5.92 Å². The summed E-state index contributed by atoms with van der Waals surface area (Å²) in [4.78, 5) is 2.54. The molecule has 0 aromatic rings. The Hall–Kier alpha value is -0.120. The molecule has 3 nitrogen and oxygen atoms in total. The predicted octanol–water partition coefficient (Wildman–Crippen LogP) is 0.705. The first kappa shape index (κ1) is 10.4. The topological polar surface area (TPSA) is 24.5 Å². The highest BCUT2D eigenvalue weighted by molar-refractivity contribution is 4.86. The van der Waals surface area contributed by atoms with E-state index < -0.39 is 0 Å². The van der Waals surface area contributed by atoms with Gasteiger partial charge in [-0.05, 0) is 25.3 Å². The summed E-state index contributed by atoms with van der Waals surface area (Å²) in [5.74, 6) is 0.844. The van der Waals surface area contributed by atoms with Gasteiger partial charge in [0.1, 0.15) is 0 Å². The van der Waals surface area contributed by atoms with Crippen molar-refractivity contribution in [3.8, 4) is 0 Å². The van der Waals surface area contributed by atoms with Crippen LogP contribution in [0.1, 0.15) is 19.8 Å². The van der Waals surface area contributed by atoms with Crippen LogP contribution >= 0.6 is 0 Å². The minimum absolute atomic E-state index is 0.478. The zero-order valence-corrected chi connectivity index (χ0v) is 9.33. The van der Waals surface area contributed by atoms with Gasteiger partial charge in [-0.3, -0.25) is 4.90 Å². The lowest BCUT2D eigenvalue weighted by molar-refractivity contribution is 0.106. The third-order valence-corrected chi connectivity index (χ3v) is 3.71. The van der Waals surface area contributed by atoms with E-state index in [0.717, 1.165) is 12.5 Å². The number of ether oxygens (including phenoxy) is 1. The summed E-state index contributed by atoms with van der Waals surface area (Å²) in [5, 5.41) is 3.58. The van der Waals surface area contributed by atoms with E-state index in [0.29, 0.717) is 12.1 Å². The van der Waals surface area contributed by atoms with Crippen LogP contribution in [-0.2, 0) is 4.74 Å². The molecule has 2 aliphatic heterocycles. The molecule has 2 saturated heterocycles. The fraction of sp³-hybridized carbons (Fsp3) is 1.00. The standard InChI is InChI=1S/C11H22N2O/c1-9-3-5-12-11(9)8-13-6-4-10(7-13)14-2/h9-12H,3-8H2,1-2H3. The second-order valence-corrected chi connectivity index (χ2v) is 4.73. The number of nitrogens with one attached hydrogen (secondary N) is 1. The molecule has 2 aliphatic rings. The Bertz CT molecular complexity index is 186. The zero-order chi connectivity index (χ0) is 9.97. The maximum Gasteiger partial charge on any atom is 0.0710 e. The quantitative estimate of drug-likeness (QED) is 0.722. The second-order valence-electron chi connectivity index (χ2n) is 4.73. The van der Waals surface area contributed by atoms with Gasteiger partial charge >= 0.3 is 0 Å². The molecule has 0 radical (unpaired) electrons. The Balaban J connectivity index is 1.75. The molecular formula is C11H22N2O. The van der Waals surface area contributed by atoms with Crippen molar-refractivity contribution in [3.63, 3.8) is 0 Å². The van der Waals surface area contributed by atoms with Crippen molar-refractivity contribution < 1.29 is 4.74 Å². The fourth-order valence-electron chi connectivity index (χ4n) is 2.58. The molecule has 0 bridgehead atoms. The molecule has 1 N–H and O–H groups in total. The minimum atomic E-state index is 0.478. The fourth-order valence-corrected chi connectivity index (χ4v) is 2.58. The van der Waals surface area contributed by atoms with E-state index in [2.05, 4.69) is 17.1 Å². The molecule has 0 spiro atoms. The molecule has 3 atom stereocenters. The van der Waals surface area contributed by atoms with Crippen molar-refractivity contribution in [2.45, 2.75) is 31.9 Å². The minimum Gasteiger partial charge on any atom is -0.380 e. The van der Waals surface area contributed by atoms with E-state index in [1.54, 1.807) is 0 Å². The van der Waals surface area contributed by atoms with Crippen LogP contribution in [0.3, 0.4) is 0 Å². The summed E-state index contributed by atoms with van der Waals surface area (Å²) in [6.07, 6.45) is 3.02. The van der Waals surface area contributed by atoms with E-state index in [9.17, 15) is 0 Å². The zero-order valence-electron chi connectivity index (χ0n) is 9.33. The number of methoxy groups -OCH3 is 1. The van der Waals surface area contributed by atoms with E-state index in [1.165, 1.54) is 32.5 Å². The average molecular weight is 198 g/mol. The molecule has 2 rings (SSSR count). The first-order valence-corrected chi connectivity index (χ1v) is 5.78. The molecule has 82 valence electrons. The number of likely N-dealkylation sites (tertiary alicyclic amines) is 1. The summed E-state index contributed by atoms with van der Waals surface area (Å²) in [7, 11) is 1.82. The van der Waals surface area contributed by atoms with Crippen molar-refractivity contribution in [2.75, 3.05) is 33.3 Å². The first-order valence-electron chi connectivity index (χ1n) is 5.78. The Morgan fingerprint density at radius 2 is 2.29 bits per heavy atom. The van der Waals surface area contributed by atoms with Gasteiger partial charge < -0.3 is 10.1 Å². The molecule has 0 amide bonds. The monoisotopic (exact) mass is 198 g/mol. The lowest BCUT2D eigenvalue weighted by Gasteiger charge is -2.23. The van der Waals surface area contributed by atoms with Crippen LogP contribution in [0.5, 0.6) is 0 Å². The van der Waals surface area contributed by atoms with Crippen LogP contribution in [0.2, 0.25) is 0 Å². The highest BCUT2D eigenvalue weighted by Crippen LogP contribution is 2.18. The molecule has 0 aromatic heterocycles. The lowest BCUT2D eigenvalue weighted by Crippen LogP contribution is -2.39. The number of nitrogens with zero attached hydrogens (tertiary/aromatic N) is 1. The Morgan fingerprint density at radius 3 is 2.86 bits per heavy atom. The molecular weight excluding hydrogens is 176 g/mol. The molecule has 0 saturated carbocycles. The van der Waals surface area contributed by atoms with E-state index in [-0.39, 0.29) is 0 Å². The molecule has 3 heteroatoms. The van der Waals surface area contributed by atoms with Crippen LogP contribution in [-0.4, -0.2) is 50.3 Å². The van der Waals surface area contributed by atoms with Crippen molar-refractivity contribution in [1.82, 2.24) is 10.2 Å². The van der Waals surface area contributed by atoms with E-state index in [4.69, 9.17) is 4.74 Å². The third-order valence-electron chi connectivity index (χ3n) is 3.71. The smallest absolute Gasteiger partial charge is 0.0710 e. The SMILES string of the molecule is COC1CCN(CC2NCCC2C)C1. The lowest BCUT2D eigenvalue weighted by atomic mass is 10.0. The highest BCUT2D eigenvalue weighted by atomic mass is 16.5. The molecule has 2 fully saturated rings. The van der Waals surface area contributed by atoms with Crippen LogP contribution < -0.4 is 5.32 Å². The van der Waals surface area contributed by atoms with Gasteiger partial charge in [0.15, 0.2) is 0 Å². The van der Waals surface area contributed by atoms with Gasteiger partial charge in [-0.2, -0.15) is 0 Å². The Labute approximate surface area is 86.8 Å². The second kappa shape index (κ2) is 4.60. The molecule has 0 aliphatic carbocycles. The summed E-state index contributed by atoms with van der Waals surface area (Å²) in [5.41, 5.74) is 0. The largest absolute Gasteiger partial charge is 0.380 e. The van der Waals surface area contributed by atoms with Crippen LogP contribution in [0.4, 0.5) is 0 Å². The van der Waals surface area contributed by atoms with E-state index in [1.807, 2.05) is 7.11 Å². The van der Waals surface area contributed by atoms with Gasteiger partial charge in [0.2, 0.25) is 0 Å². The van der Waals surface area contributed by atoms with Gasteiger partial charge in [0, 0.05) is 32.8 Å². The maximum atomic E-state index is 5.37. The third kappa shape index (κ3) is 2.27. The van der Waals surface area contributed by atoms with E-state index >= 15 is 0 Å². The van der Waals surface area contributed by atoms with Crippen molar-refractivity contribution in [3.05, 3.63) is 0 Å². The van der Waals surface area contributed by atoms with Gasteiger partial charge in [0.05, 0.1) is 6.10 Å². The maximum absolute atomic E-state index is 5.37. The molecule has 3 unspecified atom stereocenters. The molecule has 2 heterocycles. The molecule has 14 heavy (non-hydrogen) atoms. The van der Waals surface area contributed by atoms with Crippen molar-refractivity contribution in [1.29, 1.82) is 0 Å². The highest BCUT2D eigenvalue weighted by Gasteiger charge is 2.28. The van der Waals surface area contributed by atoms with Crippen LogP contribution in [0.15, 0.2) is 0 Å². The number of hydrogen-bond donors (Lipinski definition) is 1. The summed E-state index contributed by atoms with van der Waals surface area (Å²) in [6.45, 7) is 7.10.